The predicted molar refractivity (Wildman–Crippen MR) is 94.7 cm³/mol. The smallest absolute Gasteiger partial charge is 0.254 e. The highest BCUT2D eigenvalue weighted by atomic mass is 32.1. The van der Waals surface area contributed by atoms with E-state index in [-0.39, 0.29) is 11.3 Å². The van der Waals surface area contributed by atoms with Crippen LogP contribution in [0.4, 0.5) is 0 Å². The zero-order valence-corrected chi connectivity index (χ0v) is 15.6. The molecular weight excluding hydrogens is 320 g/mol. The van der Waals surface area contributed by atoms with E-state index in [4.69, 9.17) is 4.74 Å². The molecule has 5 rings (SSSR count). The molecule has 4 bridgehead atoms. The zero-order valence-electron chi connectivity index (χ0n) is 14.8. The molecule has 1 aromatic heterocycles. The molecule has 4 nitrogen and oxygen atoms in total. The van der Waals surface area contributed by atoms with E-state index < -0.39 is 0 Å². The lowest BCUT2D eigenvalue weighted by Crippen LogP contribution is -2.50. The fourth-order valence-corrected chi connectivity index (χ4v) is 6.74. The SMILES string of the molecule is CCc1csc(=NC(=O)C23CC4CC(CC(C4)C2)C3)n1CCOC. The summed E-state index contributed by atoms with van der Waals surface area (Å²) < 4.78 is 7.41. The monoisotopic (exact) mass is 348 g/mol. The summed E-state index contributed by atoms with van der Waals surface area (Å²) in [4.78, 5) is 18.7. The Balaban J connectivity index is 1.64. The van der Waals surface area contributed by atoms with Gasteiger partial charge in [-0.15, -0.1) is 11.3 Å². The lowest BCUT2D eigenvalue weighted by molar-refractivity contribution is -0.142. The molecule has 5 heteroatoms. The molecule has 0 N–H and O–H groups in total. The Hall–Kier alpha value is -0.940. The summed E-state index contributed by atoms with van der Waals surface area (Å²) in [5.74, 6) is 2.51. The van der Waals surface area contributed by atoms with Crippen LogP contribution in [-0.2, 0) is 22.5 Å². The third-order valence-corrected chi connectivity index (χ3v) is 7.36. The fraction of sp³-hybridized carbons (Fsp3) is 0.789. The lowest BCUT2D eigenvalue weighted by Gasteiger charge is -2.55. The van der Waals surface area contributed by atoms with Gasteiger partial charge in [0.1, 0.15) is 0 Å². The van der Waals surface area contributed by atoms with Gasteiger partial charge in [0.05, 0.1) is 12.0 Å². The minimum absolute atomic E-state index is 0.135. The molecule has 0 spiro atoms. The molecule has 0 atom stereocenters. The van der Waals surface area contributed by atoms with E-state index in [9.17, 15) is 4.79 Å². The summed E-state index contributed by atoms with van der Waals surface area (Å²) >= 11 is 1.60. The number of ether oxygens (including phenoxy) is 1. The van der Waals surface area contributed by atoms with Crippen LogP contribution in [0.15, 0.2) is 10.4 Å². The Labute approximate surface area is 147 Å². The number of rotatable bonds is 5. The van der Waals surface area contributed by atoms with Crippen molar-refractivity contribution in [2.24, 2.45) is 28.2 Å². The maximum absolute atomic E-state index is 13.2. The Morgan fingerprint density at radius 3 is 2.46 bits per heavy atom. The number of amides is 1. The summed E-state index contributed by atoms with van der Waals surface area (Å²) in [6, 6.07) is 0. The molecule has 0 saturated heterocycles. The van der Waals surface area contributed by atoms with Crippen molar-refractivity contribution in [1.82, 2.24) is 4.57 Å². The third kappa shape index (κ3) is 2.80. The molecule has 0 radical (unpaired) electrons. The first-order valence-electron chi connectivity index (χ1n) is 9.39. The second-order valence-corrected chi connectivity index (χ2v) is 8.96. The topological polar surface area (TPSA) is 43.6 Å². The van der Waals surface area contributed by atoms with E-state index in [0.29, 0.717) is 6.61 Å². The molecule has 0 aromatic carbocycles. The summed E-state index contributed by atoms with van der Waals surface area (Å²) in [5, 5.41) is 2.14. The molecule has 1 heterocycles. The van der Waals surface area contributed by atoms with Gasteiger partial charge in [-0.1, -0.05) is 6.92 Å². The first kappa shape index (κ1) is 16.5. The van der Waals surface area contributed by atoms with Gasteiger partial charge < -0.3 is 9.30 Å². The fourth-order valence-electron chi connectivity index (χ4n) is 5.73. The van der Waals surface area contributed by atoms with Gasteiger partial charge in [-0.3, -0.25) is 4.79 Å². The van der Waals surface area contributed by atoms with Crippen molar-refractivity contribution in [2.75, 3.05) is 13.7 Å². The number of hydrogen-bond donors (Lipinski definition) is 0. The number of nitrogens with zero attached hydrogens (tertiary/aromatic N) is 2. The van der Waals surface area contributed by atoms with Crippen molar-refractivity contribution in [1.29, 1.82) is 0 Å². The quantitative estimate of drug-likeness (QED) is 0.818. The van der Waals surface area contributed by atoms with Crippen LogP contribution in [-0.4, -0.2) is 24.2 Å². The third-order valence-electron chi connectivity index (χ3n) is 6.45. The first-order valence-corrected chi connectivity index (χ1v) is 10.3. The second-order valence-electron chi connectivity index (χ2n) is 8.12. The van der Waals surface area contributed by atoms with E-state index >= 15 is 0 Å². The van der Waals surface area contributed by atoms with Gasteiger partial charge in [-0.05, 0) is 62.7 Å². The Morgan fingerprint density at radius 1 is 1.29 bits per heavy atom. The molecule has 1 amide bonds. The van der Waals surface area contributed by atoms with Gasteiger partial charge in [-0.2, -0.15) is 4.99 Å². The number of aromatic nitrogens is 1. The molecule has 132 valence electrons. The van der Waals surface area contributed by atoms with E-state index in [1.807, 2.05) is 0 Å². The van der Waals surface area contributed by atoms with E-state index in [2.05, 4.69) is 21.9 Å². The first-order chi connectivity index (χ1) is 11.6. The molecule has 4 saturated carbocycles. The number of methoxy groups -OCH3 is 1. The van der Waals surface area contributed by atoms with Gasteiger partial charge >= 0.3 is 0 Å². The Morgan fingerprint density at radius 2 is 1.92 bits per heavy atom. The number of thiazole rings is 1. The van der Waals surface area contributed by atoms with E-state index in [1.54, 1.807) is 18.4 Å². The second kappa shape index (κ2) is 6.41. The Bertz CT molecular complexity index is 652. The summed E-state index contributed by atoms with van der Waals surface area (Å²) in [7, 11) is 1.72. The maximum Gasteiger partial charge on any atom is 0.254 e. The van der Waals surface area contributed by atoms with Crippen molar-refractivity contribution < 1.29 is 9.53 Å². The molecule has 0 unspecified atom stereocenters. The van der Waals surface area contributed by atoms with Gasteiger partial charge in [0, 0.05) is 24.7 Å². The minimum atomic E-state index is -0.135. The molecule has 4 fully saturated rings. The molecule has 4 aliphatic rings. The number of carbonyl (C=O) groups is 1. The van der Waals surface area contributed by atoms with Crippen LogP contribution in [0, 0.1) is 23.2 Å². The maximum atomic E-state index is 13.2. The molecule has 0 aliphatic heterocycles. The zero-order chi connectivity index (χ0) is 16.7. The number of carbonyl (C=O) groups excluding carboxylic acids is 1. The van der Waals surface area contributed by atoms with Crippen LogP contribution in [0.1, 0.15) is 51.1 Å². The van der Waals surface area contributed by atoms with Crippen molar-refractivity contribution in [3.63, 3.8) is 0 Å². The van der Waals surface area contributed by atoms with Crippen LogP contribution in [0.3, 0.4) is 0 Å². The lowest BCUT2D eigenvalue weighted by atomic mass is 9.49. The Kier molecular flexibility index (Phi) is 4.42. The van der Waals surface area contributed by atoms with Crippen molar-refractivity contribution in [3.05, 3.63) is 15.9 Å². The predicted octanol–water partition coefficient (Wildman–Crippen LogP) is 3.40. The largest absolute Gasteiger partial charge is 0.383 e. The van der Waals surface area contributed by atoms with Crippen molar-refractivity contribution >= 4 is 17.2 Å². The van der Waals surface area contributed by atoms with Gasteiger partial charge in [0.15, 0.2) is 4.80 Å². The van der Waals surface area contributed by atoms with Gasteiger partial charge in [-0.25, -0.2) is 0 Å². The van der Waals surface area contributed by atoms with E-state index in [1.165, 1.54) is 25.0 Å². The highest BCUT2D eigenvalue weighted by molar-refractivity contribution is 7.07. The summed E-state index contributed by atoms with van der Waals surface area (Å²) in [6.07, 6.45) is 8.31. The van der Waals surface area contributed by atoms with E-state index in [0.717, 1.165) is 54.8 Å². The molecule has 4 aliphatic carbocycles. The van der Waals surface area contributed by atoms with Crippen LogP contribution in [0.25, 0.3) is 0 Å². The molecule has 1 aromatic rings. The number of hydrogen-bond acceptors (Lipinski definition) is 3. The van der Waals surface area contributed by atoms with Gasteiger partial charge in [0.2, 0.25) is 0 Å². The normalized spacial score (nSPS) is 34.9. The average molecular weight is 349 g/mol. The summed E-state index contributed by atoms with van der Waals surface area (Å²) in [5.41, 5.74) is 1.11. The molecular formula is C19H28N2O2S. The highest BCUT2D eigenvalue weighted by Crippen LogP contribution is 2.60. The van der Waals surface area contributed by atoms with Crippen molar-refractivity contribution in [2.45, 2.75) is 58.4 Å². The van der Waals surface area contributed by atoms with Crippen molar-refractivity contribution in [3.8, 4) is 0 Å². The van der Waals surface area contributed by atoms with Crippen LogP contribution in [0.2, 0.25) is 0 Å². The number of aryl methyl sites for hydroxylation is 1. The minimum Gasteiger partial charge on any atom is -0.383 e. The van der Waals surface area contributed by atoms with Crippen LogP contribution in [0.5, 0.6) is 0 Å². The van der Waals surface area contributed by atoms with Crippen LogP contribution < -0.4 is 4.80 Å². The highest BCUT2D eigenvalue weighted by Gasteiger charge is 2.54. The van der Waals surface area contributed by atoms with Crippen LogP contribution >= 0.6 is 11.3 Å². The van der Waals surface area contributed by atoms with Gasteiger partial charge in [0.25, 0.3) is 5.91 Å². The average Bonchev–Trinajstić information content (AvgIpc) is 2.93. The summed E-state index contributed by atoms with van der Waals surface area (Å²) in [6.45, 7) is 3.58. The molecule has 24 heavy (non-hydrogen) atoms. The standard InChI is InChI=1S/C19H28N2O2S/c1-3-16-12-24-18(21(16)4-5-23-2)20-17(22)19-9-13-6-14(10-19)8-15(7-13)11-19/h12-15H,3-11H2,1-2H3.